The molecule has 2 saturated heterocycles. The lowest BCUT2D eigenvalue weighted by Gasteiger charge is -2.36. The van der Waals surface area contributed by atoms with Crippen molar-refractivity contribution in [3.8, 4) is 0 Å². The zero-order valence-corrected chi connectivity index (χ0v) is 15.8. The predicted octanol–water partition coefficient (Wildman–Crippen LogP) is 3.17. The molecule has 1 aromatic heterocycles. The molecule has 3 heterocycles. The van der Waals surface area contributed by atoms with Gasteiger partial charge in [0, 0.05) is 38.3 Å². The van der Waals surface area contributed by atoms with Crippen LogP contribution < -0.4 is 0 Å². The van der Waals surface area contributed by atoms with Crippen LogP contribution in [-0.4, -0.2) is 53.3 Å². The van der Waals surface area contributed by atoms with Crippen LogP contribution in [0.25, 0.3) is 0 Å². The van der Waals surface area contributed by atoms with Gasteiger partial charge in [0.05, 0.1) is 29.5 Å². The lowest BCUT2D eigenvalue weighted by molar-refractivity contribution is -0.0506. The Morgan fingerprint density at radius 3 is 2.85 bits per heavy atom. The Kier molecular flexibility index (Phi) is 5.01. The van der Waals surface area contributed by atoms with E-state index in [1.54, 1.807) is 6.07 Å². The standard InChI is InChI=1S/C19H23ClFN3O2/c1-12-15(13(2)26-22-12)9-24-5-6-25-19-11-23(10-18(19)24)8-14-3-4-16(20)17(21)7-14/h3-4,7,18-19H,5-6,8-11H2,1-2H3/t18-,19+/m1/s1. The van der Waals surface area contributed by atoms with Crippen molar-refractivity contribution < 1.29 is 13.7 Å². The van der Waals surface area contributed by atoms with E-state index in [9.17, 15) is 4.39 Å². The molecule has 2 aliphatic heterocycles. The summed E-state index contributed by atoms with van der Waals surface area (Å²) in [6, 6.07) is 5.35. The number of rotatable bonds is 4. The highest BCUT2D eigenvalue weighted by atomic mass is 35.5. The van der Waals surface area contributed by atoms with Gasteiger partial charge in [-0.25, -0.2) is 4.39 Å². The summed E-state index contributed by atoms with van der Waals surface area (Å²) in [4.78, 5) is 4.78. The SMILES string of the molecule is Cc1noc(C)c1CN1CCO[C@H]2CN(Cc3ccc(Cl)c(F)c3)C[C@H]21. The van der Waals surface area contributed by atoms with E-state index in [1.165, 1.54) is 11.6 Å². The molecule has 1 aromatic carbocycles. The molecule has 2 aliphatic rings. The van der Waals surface area contributed by atoms with Crippen LogP contribution in [0.1, 0.15) is 22.6 Å². The first-order chi connectivity index (χ1) is 12.5. The van der Waals surface area contributed by atoms with E-state index in [4.69, 9.17) is 20.9 Å². The highest BCUT2D eigenvalue weighted by molar-refractivity contribution is 6.30. The minimum Gasteiger partial charge on any atom is -0.374 e. The molecular formula is C19H23ClFN3O2. The van der Waals surface area contributed by atoms with E-state index >= 15 is 0 Å². The second-order valence-corrected chi connectivity index (χ2v) is 7.60. The number of hydrogen-bond donors (Lipinski definition) is 0. The van der Waals surface area contributed by atoms with Gasteiger partial charge in [0.1, 0.15) is 11.6 Å². The summed E-state index contributed by atoms with van der Waals surface area (Å²) >= 11 is 5.78. The van der Waals surface area contributed by atoms with Crippen molar-refractivity contribution in [3.05, 3.63) is 51.6 Å². The van der Waals surface area contributed by atoms with Crippen molar-refractivity contribution in [2.24, 2.45) is 0 Å². The molecule has 0 amide bonds. The number of ether oxygens (including phenoxy) is 1. The van der Waals surface area contributed by atoms with Crippen molar-refractivity contribution in [3.63, 3.8) is 0 Å². The number of likely N-dealkylation sites (tertiary alicyclic amines) is 1. The predicted molar refractivity (Wildman–Crippen MR) is 96.6 cm³/mol. The van der Waals surface area contributed by atoms with E-state index in [-0.39, 0.29) is 16.9 Å². The largest absolute Gasteiger partial charge is 0.374 e. The molecule has 0 radical (unpaired) electrons. The summed E-state index contributed by atoms with van der Waals surface area (Å²) in [7, 11) is 0. The average Bonchev–Trinajstić information content (AvgIpc) is 3.16. The third-order valence-corrected chi connectivity index (χ3v) is 5.73. The zero-order chi connectivity index (χ0) is 18.3. The third-order valence-electron chi connectivity index (χ3n) is 5.42. The van der Waals surface area contributed by atoms with E-state index in [0.29, 0.717) is 12.6 Å². The first-order valence-electron chi connectivity index (χ1n) is 8.95. The number of nitrogens with zero attached hydrogens (tertiary/aromatic N) is 3. The van der Waals surface area contributed by atoms with Crippen molar-refractivity contribution in [2.45, 2.75) is 39.1 Å². The molecule has 0 bridgehead atoms. The molecule has 0 saturated carbocycles. The summed E-state index contributed by atoms with van der Waals surface area (Å²) in [6.45, 7) is 8.86. The number of aromatic nitrogens is 1. The number of fused-ring (bicyclic) bond motifs is 1. The topological polar surface area (TPSA) is 41.7 Å². The Morgan fingerprint density at radius 1 is 1.27 bits per heavy atom. The van der Waals surface area contributed by atoms with Gasteiger partial charge in [-0.1, -0.05) is 22.8 Å². The number of hydrogen-bond acceptors (Lipinski definition) is 5. The number of benzene rings is 1. The van der Waals surface area contributed by atoms with Crippen molar-refractivity contribution >= 4 is 11.6 Å². The van der Waals surface area contributed by atoms with Crippen LogP contribution in [0.4, 0.5) is 4.39 Å². The summed E-state index contributed by atoms with van der Waals surface area (Å²) in [5, 5.41) is 4.23. The molecule has 0 aliphatic carbocycles. The molecule has 7 heteroatoms. The van der Waals surface area contributed by atoms with Crippen LogP contribution in [-0.2, 0) is 17.8 Å². The molecule has 5 nitrogen and oxygen atoms in total. The van der Waals surface area contributed by atoms with E-state index < -0.39 is 0 Å². The van der Waals surface area contributed by atoms with E-state index in [0.717, 1.165) is 49.8 Å². The van der Waals surface area contributed by atoms with Gasteiger partial charge in [-0.15, -0.1) is 0 Å². The third kappa shape index (κ3) is 3.51. The molecule has 0 unspecified atom stereocenters. The van der Waals surface area contributed by atoms with Crippen molar-refractivity contribution in [2.75, 3.05) is 26.2 Å². The first-order valence-corrected chi connectivity index (χ1v) is 9.32. The Labute approximate surface area is 157 Å². The molecule has 0 N–H and O–H groups in total. The normalized spacial score (nSPS) is 24.2. The molecule has 140 valence electrons. The summed E-state index contributed by atoms with van der Waals surface area (Å²) in [5.74, 6) is 0.522. The van der Waals surface area contributed by atoms with Gasteiger partial charge in [-0.2, -0.15) is 0 Å². The molecule has 2 fully saturated rings. The Bertz CT molecular complexity index is 778. The van der Waals surface area contributed by atoms with Gasteiger partial charge >= 0.3 is 0 Å². The zero-order valence-electron chi connectivity index (χ0n) is 15.0. The van der Waals surface area contributed by atoms with Crippen molar-refractivity contribution in [1.82, 2.24) is 15.0 Å². The fourth-order valence-corrected chi connectivity index (χ4v) is 4.10. The van der Waals surface area contributed by atoms with Crippen LogP contribution in [0.3, 0.4) is 0 Å². The molecular weight excluding hydrogens is 357 g/mol. The summed E-state index contributed by atoms with van der Waals surface area (Å²) in [5.41, 5.74) is 3.06. The van der Waals surface area contributed by atoms with Crippen LogP contribution >= 0.6 is 11.6 Å². The van der Waals surface area contributed by atoms with Crippen LogP contribution in [0.2, 0.25) is 5.02 Å². The average molecular weight is 380 g/mol. The Balaban J connectivity index is 1.45. The van der Waals surface area contributed by atoms with Gasteiger partial charge < -0.3 is 9.26 Å². The minimum atomic E-state index is -0.364. The van der Waals surface area contributed by atoms with E-state index in [2.05, 4.69) is 15.0 Å². The number of halogens is 2. The second-order valence-electron chi connectivity index (χ2n) is 7.19. The quantitative estimate of drug-likeness (QED) is 0.816. The first kappa shape index (κ1) is 17.9. The summed E-state index contributed by atoms with van der Waals surface area (Å²) < 4.78 is 25.0. The van der Waals surface area contributed by atoms with Gasteiger partial charge in [0.2, 0.25) is 0 Å². The minimum absolute atomic E-state index is 0.165. The highest BCUT2D eigenvalue weighted by Gasteiger charge is 2.40. The van der Waals surface area contributed by atoms with Gasteiger partial charge in [0.15, 0.2) is 0 Å². The summed E-state index contributed by atoms with van der Waals surface area (Å²) in [6.07, 6.45) is 0.182. The van der Waals surface area contributed by atoms with Crippen LogP contribution in [0.15, 0.2) is 22.7 Å². The molecule has 2 atom stereocenters. The number of aryl methyl sites for hydroxylation is 2. The Morgan fingerprint density at radius 2 is 2.12 bits per heavy atom. The van der Waals surface area contributed by atoms with Gasteiger partial charge in [0.25, 0.3) is 0 Å². The van der Waals surface area contributed by atoms with Crippen LogP contribution in [0.5, 0.6) is 0 Å². The lowest BCUT2D eigenvalue weighted by atomic mass is 10.1. The monoisotopic (exact) mass is 379 g/mol. The fourth-order valence-electron chi connectivity index (χ4n) is 3.99. The van der Waals surface area contributed by atoms with Crippen LogP contribution in [0, 0.1) is 19.7 Å². The van der Waals surface area contributed by atoms with Gasteiger partial charge in [-0.3, -0.25) is 9.80 Å². The second kappa shape index (κ2) is 7.27. The molecule has 26 heavy (non-hydrogen) atoms. The van der Waals surface area contributed by atoms with Crippen molar-refractivity contribution in [1.29, 1.82) is 0 Å². The maximum Gasteiger partial charge on any atom is 0.142 e. The smallest absolute Gasteiger partial charge is 0.142 e. The van der Waals surface area contributed by atoms with Gasteiger partial charge in [-0.05, 0) is 31.5 Å². The lowest BCUT2D eigenvalue weighted by Crippen LogP contribution is -2.50. The molecule has 4 rings (SSSR count). The maximum absolute atomic E-state index is 13.7. The maximum atomic E-state index is 13.7. The molecule has 2 aromatic rings. The fraction of sp³-hybridized carbons (Fsp3) is 0.526. The highest BCUT2D eigenvalue weighted by Crippen LogP contribution is 2.27. The molecule has 0 spiro atoms. The Hall–Kier alpha value is -1.47. The number of morpholine rings is 1. The van der Waals surface area contributed by atoms with E-state index in [1.807, 2.05) is 19.9 Å².